The van der Waals surface area contributed by atoms with Crippen LogP contribution in [0.25, 0.3) is 0 Å². The number of nitrogens with two attached hydrogens (primary N) is 2. The van der Waals surface area contributed by atoms with E-state index < -0.39 is 0 Å². The molecule has 0 saturated heterocycles. The van der Waals surface area contributed by atoms with E-state index in [1.807, 2.05) is 42.5 Å². The SMILES string of the molecule is NC(=O)CC(N)Cc1ccc(NCc2ccccc2)cc1. The smallest absolute Gasteiger partial charge is 0.218 e. The first kappa shape index (κ1) is 15.1. The maximum atomic E-state index is 10.8. The fourth-order valence-corrected chi connectivity index (χ4v) is 2.19. The second-order valence-corrected chi connectivity index (χ2v) is 5.17. The van der Waals surface area contributed by atoms with Gasteiger partial charge in [0.15, 0.2) is 0 Å². The Morgan fingerprint density at radius 3 is 2.29 bits per heavy atom. The minimum Gasteiger partial charge on any atom is -0.381 e. The molecule has 0 fully saturated rings. The van der Waals surface area contributed by atoms with E-state index in [-0.39, 0.29) is 18.4 Å². The van der Waals surface area contributed by atoms with Gasteiger partial charge in [-0.2, -0.15) is 0 Å². The minimum atomic E-state index is -0.358. The molecular weight excluding hydrogens is 262 g/mol. The lowest BCUT2D eigenvalue weighted by atomic mass is 10.0. The molecule has 1 amide bonds. The van der Waals surface area contributed by atoms with Crippen molar-refractivity contribution in [3.8, 4) is 0 Å². The Hall–Kier alpha value is -2.33. The number of carbonyl (C=O) groups excluding carboxylic acids is 1. The van der Waals surface area contributed by atoms with Gasteiger partial charge in [0.25, 0.3) is 0 Å². The zero-order valence-corrected chi connectivity index (χ0v) is 12.0. The molecule has 4 nitrogen and oxygen atoms in total. The first-order chi connectivity index (χ1) is 10.1. The van der Waals surface area contributed by atoms with Crippen molar-refractivity contribution >= 4 is 11.6 Å². The summed E-state index contributed by atoms with van der Waals surface area (Å²) in [6.07, 6.45) is 0.871. The van der Waals surface area contributed by atoms with Crippen molar-refractivity contribution in [3.63, 3.8) is 0 Å². The summed E-state index contributed by atoms with van der Waals surface area (Å²) >= 11 is 0. The summed E-state index contributed by atoms with van der Waals surface area (Å²) in [5.41, 5.74) is 14.4. The van der Waals surface area contributed by atoms with E-state index in [1.54, 1.807) is 0 Å². The molecule has 5 N–H and O–H groups in total. The molecule has 2 aromatic carbocycles. The Morgan fingerprint density at radius 1 is 1.00 bits per heavy atom. The van der Waals surface area contributed by atoms with Crippen LogP contribution in [0, 0.1) is 0 Å². The van der Waals surface area contributed by atoms with E-state index in [0.717, 1.165) is 17.8 Å². The number of rotatable bonds is 7. The van der Waals surface area contributed by atoms with E-state index in [9.17, 15) is 4.79 Å². The summed E-state index contributed by atoms with van der Waals surface area (Å²) in [5, 5.41) is 3.37. The van der Waals surface area contributed by atoms with Gasteiger partial charge in [-0.05, 0) is 29.7 Å². The molecule has 0 saturated carbocycles. The average molecular weight is 283 g/mol. The zero-order chi connectivity index (χ0) is 15.1. The Labute approximate surface area is 125 Å². The largest absolute Gasteiger partial charge is 0.381 e. The second kappa shape index (κ2) is 7.45. The van der Waals surface area contributed by atoms with Crippen molar-refractivity contribution in [3.05, 3.63) is 65.7 Å². The van der Waals surface area contributed by atoms with Gasteiger partial charge in [-0.3, -0.25) is 4.79 Å². The number of amides is 1. The topological polar surface area (TPSA) is 81.1 Å². The summed E-state index contributed by atoms with van der Waals surface area (Å²) < 4.78 is 0. The zero-order valence-electron chi connectivity index (χ0n) is 12.0. The minimum absolute atomic E-state index is 0.216. The highest BCUT2D eigenvalue weighted by Gasteiger charge is 2.07. The van der Waals surface area contributed by atoms with Gasteiger partial charge < -0.3 is 16.8 Å². The lowest BCUT2D eigenvalue weighted by Crippen LogP contribution is -2.29. The number of primary amides is 1. The molecule has 0 aromatic heterocycles. The van der Waals surface area contributed by atoms with Gasteiger partial charge in [-0.1, -0.05) is 42.5 Å². The van der Waals surface area contributed by atoms with Gasteiger partial charge in [0, 0.05) is 24.7 Å². The van der Waals surface area contributed by atoms with Crippen LogP contribution in [0.3, 0.4) is 0 Å². The normalized spacial score (nSPS) is 11.9. The quantitative estimate of drug-likeness (QED) is 0.727. The van der Waals surface area contributed by atoms with Gasteiger partial charge in [0.2, 0.25) is 5.91 Å². The molecule has 21 heavy (non-hydrogen) atoms. The first-order valence-corrected chi connectivity index (χ1v) is 7.04. The Bertz CT molecular complexity index is 566. The van der Waals surface area contributed by atoms with Gasteiger partial charge in [-0.25, -0.2) is 0 Å². The summed E-state index contributed by atoms with van der Waals surface area (Å²) in [6.45, 7) is 0.793. The molecule has 1 atom stereocenters. The number of hydrogen-bond acceptors (Lipinski definition) is 3. The standard InChI is InChI=1S/C17H21N3O/c18-15(11-17(19)21)10-13-6-8-16(9-7-13)20-12-14-4-2-1-3-5-14/h1-9,15,20H,10-12,18H2,(H2,19,21). The van der Waals surface area contributed by atoms with Crippen LogP contribution in [-0.2, 0) is 17.8 Å². The van der Waals surface area contributed by atoms with Crippen molar-refractivity contribution in [1.29, 1.82) is 0 Å². The van der Waals surface area contributed by atoms with Crippen molar-refractivity contribution < 1.29 is 4.79 Å². The van der Waals surface area contributed by atoms with Gasteiger partial charge in [-0.15, -0.1) is 0 Å². The average Bonchev–Trinajstić information content (AvgIpc) is 2.47. The van der Waals surface area contributed by atoms with Crippen LogP contribution in [0.2, 0.25) is 0 Å². The maximum Gasteiger partial charge on any atom is 0.218 e. The lowest BCUT2D eigenvalue weighted by molar-refractivity contribution is -0.118. The Balaban J connectivity index is 1.85. The van der Waals surface area contributed by atoms with E-state index in [0.29, 0.717) is 6.42 Å². The second-order valence-electron chi connectivity index (χ2n) is 5.17. The molecule has 0 radical (unpaired) electrons. The van der Waals surface area contributed by atoms with Crippen molar-refractivity contribution in [2.75, 3.05) is 5.32 Å². The summed E-state index contributed by atoms with van der Waals surface area (Å²) in [7, 11) is 0. The van der Waals surface area contributed by atoms with Crippen LogP contribution in [0.1, 0.15) is 17.5 Å². The molecule has 1 unspecified atom stereocenters. The molecule has 4 heteroatoms. The molecule has 0 aliphatic heterocycles. The van der Waals surface area contributed by atoms with Crippen LogP contribution in [0.5, 0.6) is 0 Å². The highest BCUT2D eigenvalue weighted by atomic mass is 16.1. The van der Waals surface area contributed by atoms with Gasteiger partial charge in [0.1, 0.15) is 0 Å². The third-order valence-corrected chi connectivity index (χ3v) is 3.25. The fourth-order valence-electron chi connectivity index (χ4n) is 2.19. The maximum absolute atomic E-state index is 10.8. The van der Waals surface area contributed by atoms with E-state index in [4.69, 9.17) is 11.5 Å². The van der Waals surface area contributed by atoms with E-state index >= 15 is 0 Å². The number of carbonyl (C=O) groups is 1. The lowest BCUT2D eigenvalue weighted by Gasteiger charge is -2.11. The summed E-state index contributed by atoms with van der Waals surface area (Å²) in [4.78, 5) is 10.8. The molecule has 0 heterocycles. The van der Waals surface area contributed by atoms with Crippen molar-refractivity contribution in [2.45, 2.75) is 25.4 Å². The van der Waals surface area contributed by atoms with Crippen LogP contribution in [-0.4, -0.2) is 11.9 Å². The predicted octanol–water partition coefficient (Wildman–Crippen LogP) is 2.04. The van der Waals surface area contributed by atoms with Gasteiger partial charge >= 0.3 is 0 Å². The monoisotopic (exact) mass is 283 g/mol. The molecule has 2 aromatic rings. The molecule has 0 bridgehead atoms. The molecular formula is C17H21N3O. The predicted molar refractivity (Wildman–Crippen MR) is 85.7 cm³/mol. The third-order valence-electron chi connectivity index (χ3n) is 3.25. The highest BCUT2D eigenvalue weighted by molar-refractivity contribution is 5.74. The number of benzene rings is 2. The fraction of sp³-hybridized carbons (Fsp3) is 0.235. The molecule has 2 rings (SSSR count). The Morgan fingerprint density at radius 2 is 1.67 bits per heavy atom. The van der Waals surface area contributed by atoms with Crippen LogP contribution >= 0.6 is 0 Å². The molecule has 0 spiro atoms. The first-order valence-electron chi connectivity index (χ1n) is 7.04. The highest BCUT2D eigenvalue weighted by Crippen LogP contribution is 2.13. The van der Waals surface area contributed by atoms with Crippen LogP contribution in [0.15, 0.2) is 54.6 Å². The summed E-state index contributed by atoms with van der Waals surface area (Å²) in [5.74, 6) is -0.358. The van der Waals surface area contributed by atoms with E-state index in [2.05, 4.69) is 17.4 Å². The van der Waals surface area contributed by atoms with Crippen LogP contribution in [0.4, 0.5) is 5.69 Å². The van der Waals surface area contributed by atoms with Crippen molar-refractivity contribution in [1.82, 2.24) is 0 Å². The van der Waals surface area contributed by atoms with E-state index in [1.165, 1.54) is 5.56 Å². The summed E-state index contributed by atoms with van der Waals surface area (Å²) in [6, 6.07) is 18.1. The molecule has 110 valence electrons. The molecule has 0 aliphatic rings. The third kappa shape index (κ3) is 5.28. The number of anilines is 1. The number of hydrogen-bond donors (Lipinski definition) is 3. The van der Waals surface area contributed by atoms with Gasteiger partial charge in [0.05, 0.1) is 0 Å². The molecule has 0 aliphatic carbocycles. The van der Waals surface area contributed by atoms with Crippen molar-refractivity contribution in [2.24, 2.45) is 11.5 Å². The van der Waals surface area contributed by atoms with Crippen LogP contribution < -0.4 is 16.8 Å². The number of nitrogens with one attached hydrogen (secondary N) is 1. The Kier molecular flexibility index (Phi) is 5.35.